The van der Waals surface area contributed by atoms with E-state index in [1.165, 1.54) is 17.4 Å². The van der Waals surface area contributed by atoms with Crippen molar-refractivity contribution in [3.63, 3.8) is 0 Å². The van der Waals surface area contributed by atoms with Crippen molar-refractivity contribution in [3.8, 4) is 0 Å². The average Bonchev–Trinajstić information content (AvgIpc) is 2.39. The van der Waals surface area contributed by atoms with Crippen molar-refractivity contribution in [2.24, 2.45) is 11.8 Å². The zero-order valence-corrected chi connectivity index (χ0v) is 10.2. The molecule has 2 atom stereocenters. The van der Waals surface area contributed by atoms with Gasteiger partial charge in [-0.3, -0.25) is 14.5 Å². The lowest BCUT2D eigenvalue weighted by molar-refractivity contribution is -0.141. The van der Waals surface area contributed by atoms with Crippen LogP contribution in [0.15, 0.2) is 11.6 Å². The Kier molecular flexibility index (Phi) is 2.87. The minimum absolute atomic E-state index is 0.0868. The number of carbonyl (C=O) groups is 2. The fourth-order valence-corrected chi connectivity index (χ4v) is 3.07. The second-order valence-electron chi connectivity index (χ2n) is 5.41. The molecule has 0 N–H and O–H groups in total. The Morgan fingerprint density at radius 2 is 1.69 bits per heavy atom. The second kappa shape index (κ2) is 4.04. The lowest BCUT2D eigenvalue weighted by Gasteiger charge is -2.36. The molecule has 88 valence electrons. The second-order valence-corrected chi connectivity index (χ2v) is 5.41. The molecule has 0 bridgehead atoms. The van der Waals surface area contributed by atoms with Gasteiger partial charge in [0.1, 0.15) is 0 Å². The van der Waals surface area contributed by atoms with Crippen LogP contribution in [0.4, 0.5) is 0 Å². The molecule has 0 aromatic rings. The van der Waals surface area contributed by atoms with Gasteiger partial charge >= 0.3 is 0 Å². The predicted molar refractivity (Wildman–Crippen MR) is 61.6 cm³/mol. The van der Waals surface area contributed by atoms with Crippen molar-refractivity contribution in [2.45, 2.75) is 46.1 Å². The van der Waals surface area contributed by atoms with Crippen LogP contribution in [0.2, 0.25) is 0 Å². The first kappa shape index (κ1) is 11.4. The van der Waals surface area contributed by atoms with Crippen LogP contribution in [-0.2, 0) is 9.59 Å². The van der Waals surface area contributed by atoms with E-state index in [2.05, 4.69) is 13.8 Å². The van der Waals surface area contributed by atoms with Crippen LogP contribution >= 0.6 is 0 Å². The number of imide groups is 1. The summed E-state index contributed by atoms with van der Waals surface area (Å²) in [5.74, 6) is 1.01. The van der Waals surface area contributed by atoms with Crippen LogP contribution in [-0.4, -0.2) is 22.8 Å². The summed E-state index contributed by atoms with van der Waals surface area (Å²) < 4.78 is 0. The summed E-state index contributed by atoms with van der Waals surface area (Å²) in [7, 11) is 0. The molecule has 1 fully saturated rings. The van der Waals surface area contributed by atoms with Gasteiger partial charge in [0, 0.05) is 17.7 Å². The molecule has 0 aromatic carbocycles. The SMILES string of the molecule is CC1=CC(=O)N(C2CC(C)CC(C)C2)C1=O. The average molecular weight is 221 g/mol. The first-order valence-electron chi connectivity index (χ1n) is 6.05. The van der Waals surface area contributed by atoms with Gasteiger partial charge in [0.05, 0.1) is 0 Å². The zero-order valence-electron chi connectivity index (χ0n) is 10.2. The largest absolute Gasteiger partial charge is 0.272 e. The van der Waals surface area contributed by atoms with E-state index in [9.17, 15) is 9.59 Å². The molecular formula is C13H19NO2. The molecule has 3 nitrogen and oxygen atoms in total. The van der Waals surface area contributed by atoms with Gasteiger partial charge in [-0.25, -0.2) is 0 Å². The van der Waals surface area contributed by atoms with Crippen LogP contribution in [0, 0.1) is 11.8 Å². The topological polar surface area (TPSA) is 37.4 Å². The maximum Gasteiger partial charge on any atom is 0.256 e. The highest BCUT2D eigenvalue weighted by atomic mass is 16.2. The molecule has 0 spiro atoms. The van der Waals surface area contributed by atoms with E-state index in [0.717, 1.165) is 12.8 Å². The number of amides is 2. The molecule has 0 saturated heterocycles. The van der Waals surface area contributed by atoms with Gasteiger partial charge in [-0.05, 0) is 38.0 Å². The van der Waals surface area contributed by atoms with Crippen LogP contribution in [0.3, 0.4) is 0 Å². The number of carbonyl (C=O) groups excluding carboxylic acids is 2. The number of hydrogen-bond donors (Lipinski definition) is 0. The van der Waals surface area contributed by atoms with E-state index in [4.69, 9.17) is 0 Å². The molecule has 1 saturated carbocycles. The summed E-state index contributed by atoms with van der Waals surface area (Å²) in [6.07, 6.45) is 4.59. The summed E-state index contributed by atoms with van der Waals surface area (Å²) in [4.78, 5) is 25.1. The summed E-state index contributed by atoms with van der Waals surface area (Å²) in [6.45, 7) is 6.12. The molecule has 2 unspecified atom stereocenters. The van der Waals surface area contributed by atoms with Gasteiger partial charge in [0.2, 0.25) is 0 Å². The monoisotopic (exact) mass is 221 g/mol. The predicted octanol–water partition coefficient (Wildman–Crippen LogP) is 2.13. The quantitative estimate of drug-likeness (QED) is 0.636. The van der Waals surface area contributed by atoms with Gasteiger partial charge in [-0.1, -0.05) is 13.8 Å². The minimum atomic E-state index is -0.117. The number of rotatable bonds is 1. The fraction of sp³-hybridized carbons (Fsp3) is 0.692. The summed E-state index contributed by atoms with van der Waals surface area (Å²) in [6, 6.07) is 0.118. The molecule has 1 heterocycles. The fourth-order valence-electron chi connectivity index (χ4n) is 3.07. The summed E-state index contributed by atoms with van der Waals surface area (Å²) in [5.41, 5.74) is 0.580. The van der Waals surface area contributed by atoms with Gasteiger partial charge in [0.25, 0.3) is 11.8 Å². The van der Waals surface area contributed by atoms with Crippen molar-refractivity contribution in [2.75, 3.05) is 0 Å². The van der Waals surface area contributed by atoms with Crippen LogP contribution < -0.4 is 0 Å². The van der Waals surface area contributed by atoms with E-state index in [0.29, 0.717) is 17.4 Å². The molecule has 3 heteroatoms. The van der Waals surface area contributed by atoms with Crippen molar-refractivity contribution >= 4 is 11.8 Å². The Bertz CT molecular complexity index is 349. The highest BCUT2D eigenvalue weighted by Gasteiger charge is 2.37. The molecule has 2 amide bonds. The smallest absolute Gasteiger partial charge is 0.256 e. The molecule has 2 rings (SSSR count). The molecule has 0 radical (unpaired) electrons. The van der Waals surface area contributed by atoms with Crippen molar-refractivity contribution in [1.29, 1.82) is 0 Å². The van der Waals surface area contributed by atoms with Crippen LogP contribution in [0.1, 0.15) is 40.0 Å². The minimum Gasteiger partial charge on any atom is -0.272 e. The molecule has 16 heavy (non-hydrogen) atoms. The van der Waals surface area contributed by atoms with Crippen molar-refractivity contribution < 1.29 is 9.59 Å². The molecular weight excluding hydrogens is 202 g/mol. The number of hydrogen-bond acceptors (Lipinski definition) is 2. The Balaban J connectivity index is 2.14. The van der Waals surface area contributed by atoms with Gasteiger partial charge in [-0.2, -0.15) is 0 Å². The third kappa shape index (κ3) is 1.91. The maximum absolute atomic E-state index is 11.9. The Labute approximate surface area is 96.5 Å². The molecule has 1 aliphatic carbocycles. The lowest BCUT2D eigenvalue weighted by Crippen LogP contribution is -2.44. The maximum atomic E-state index is 11.9. The lowest BCUT2D eigenvalue weighted by atomic mass is 9.80. The number of nitrogens with zero attached hydrogens (tertiary/aromatic N) is 1. The van der Waals surface area contributed by atoms with Crippen LogP contribution in [0.5, 0.6) is 0 Å². The zero-order chi connectivity index (χ0) is 11.9. The normalized spacial score (nSPS) is 35.6. The van der Waals surface area contributed by atoms with Gasteiger partial charge in [0.15, 0.2) is 0 Å². The standard InChI is InChI=1S/C13H19NO2/c1-8-4-9(2)6-11(5-8)14-12(15)7-10(3)13(14)16/h7-9,11H,4-6H2,1-3H3. The van der Waals surface area contributed by atoms with Crippen LogP contribution in [0.25, 0.3) is 0 Å². The van der Waals surface area contributed by atoms with E-state index in [-0.39, 0.29) is 17.9 Å². The third-order valence-electron chi connectivity index (χ3n) is 3.65. The molecule has 1 aliphatic heterocycles. The first-order valence-corrected chi connectivity index (χ1v) is 6.05. The van der Waals surface area contributed by atoms with E-state index >= 15 is 0 Å². The Morgan fingerprint density at radius 3 is 2.12 bits per heavy atom. The van der Waals surface area contributed by atoms with Gasteiger partial charge in [-0.15, -0.1) is 0 Å². The molecule has 2 aliphatic rings. The summed E-state index contributed by atoms with van der Waals surface area (Å²) in [5, 5.41) is 0. The van der Waals surface area contributed by atoms with E-state index < -0.39 is 0 Å². The molecule has 0 aromatic heterocycles. The highest BCUT2D eigenvalue weighted by molar-refractivity contribution is 6.16. The Morgan fingerprint density at radius 1 is 1.12 bits per heavy atom. The van der Waals surface area contributed by atoms with E-state index in [1.807, 2.05) is 0 Å². The summed E-state index contributed by atoms with van der Waals surface area (Å²) >= 11 is 0. The highest BCUT2D eigenvalue weighted by Crippen LogP contribution is 2.33. The Hall–Kier alpha value is -1.12. The van der Waals surface area contributed by atoms with Crippen molar-refractivity contribution in [3.05, 3.63) is 11.6 Å². The van der Waals surface area contributed by atoms with E-state index in [1.54, 1.807) is 6.92 Å². The van der Waals surface area contributed by atoms with Crippen molar-refractivity contribution in [1.82, 2.24) is 4.90 Å². The third-order valence-corrected chi connectivity index (χ3v) is 3.65. The first-order chi connectivity index (χ1) is 7.49. The van der Waals surface area contributed by atoms with Gasteiger partial charge < -0.3 is 0 Å².